The van der Waals surface area contributed by atoms with Crippen LogP contribution in [-0.4, -0.2) is 6.04 Å². The van der Waals surface area contributed by atoms with Gasteiger partial charge in [0.15, 0.2) is 0 Å². The summed E-state index contributed by atoms with van der Waals surface area (Å²) in [6.45, 7) is 6.68. The van der Waals surface area contributed by atoms with Crippen molar-refractivity contribution in [1.29, 1.82) is 5.26 Å². The number of rotatable bonds is 2. The molecule has 2 rings (SSSR count). The highest BCUT2D eigenvalue weighted by atomic mass is 14.9. The Kier molecular flexibility index (Phi) is 3.61. The van der Waals surface area contributed by atoms with E-state index in [2.05, 4.69) is 25.2 Å². The molecule has 1 fully saturated rings. The number of nitrogens with zero attached hydrogens (tertiary/aromatic N) is 1. The fourth-order valence-electron chi connectivity index (χ4n) is 2.70. The molecule has 0 saturated heterocycles. The lowest BCUT2D eigenvalue weighted by Crippen LogP contribution is -2.30. The van der Waals surface area contributed by atoms with E-state index in [1.165, 1.54) is 25.7 Å². The van der Waals surface area contributed by atoms with Crippen LogP contribution in [-0.2, 0) is 0 Å². The lowest BCUT2D eigenvalue weighted by Gasteiger charge is -2.35. The van der Waals surface area contributed by atoms with Crippen molar-refractivity contribution in [3.63, 3.8) is 0 Å². The second kappa shape index (κ2) is 5.02. The average Bonchev–Trinajstić information content (AvgIpc) is 2.32. The summed E-state index contributed by atoms with van der Waals surface area (Å²) >= 11 is 0. The molecular formula is C16H22N2. The molecule has 18 heavy (non-hydrogen) atoms. The van der Waals surface area contributed by atoms with Crippen molar-refractivity contribution in [3.05, 3.63) is 29.3 Å². The fourth-order valence-corrected chi connectivity index (χ4v) is 2.70. The number of aryl methyl sites for hydroxylation is 1. The molecule has 0 radical (unpaired) electrons. The Morgan fingerprint density at radius 1 is 1.28 bits per heavy atom. The first kappa shape index (κ1) is 13.0. The molecule has 0 spiro atoms. The van der Waals surface area contributed by atoms with Gasteiger partial charge in [0, 0.05) is 6.04 Å². The maximum Gasteiger partial charge on any atom is 0.102 e. The molecule has 2 heteroatoms. The molecule has 0 heterocycles. The lowest BCUT2D eigenvalue weighted by atomic mass is 9.75. The second-order valence-corrected chi connectivity index (χ2v) is 6.19. The van der Waals surface area contributed by atoms with Gasteiger partial charge < -0.3 is 5.32 Å². The molecule has 1 aliphatic rings. The zero-order chi connectivity index (χ0) is 13.2. The van der Waals surface area contributed by atoms with Gasteiger partial charge in [0.25, 0.3) is 0 Å². The highest BCUT2D eigenvalue weighted by Gasteiger charge is 2.26. The second-order valence-electron chi connectivity index (χ2n) is 6.19. The summed E-state index contributed by atoms with van der Waals surface area (Å²) in [6, 6.07) is 8.86. The first-order valence-electron chi connectivity index (χ1n) is 6.78. The van der Waals surface area contributed by atoms with E-state index in [0.29, 0.717) is 11.5 Å². The maximum absolute atomic E-state index is 9.22. The van der Waals surface area contributed by atoms with Crippen LogP contribution in [0.5, 0.6) is 0 Å². The minimum atomic E-state index is 0.489. The molecule has 0 atom stereocenters. The Morgan fingerprint density at radius 2 is 1.94 bits per heavy atom. The smallest absolute Gasteiger partial charge is 0.102 e. The summed E-state index contributed by atoms with van der Waals surface area (Å²) in [7, 11) is 0. The molecule has 1 aliphatic carbocycles. The third kappa shape index (κ3) is 2.85. The standard InChI is InChI=1S/C16H22N2/c1-12-5-4-6-15(14(12)11-17)18-13-7-9-16(2,3)10-8-13/h4-6,13,18H,7-10H2,1-3H3. The number of hydrogen-bond donors (Lipinski definition) is 1. The van der Waals surface area contributed by atoms with Crippen molar-refractivity contribution in [3.8, 4) is 6.07 Å². The van der Waals surface area contributed by atoms with E-state index in [0.717, 1.165) is 16.8 Å². The van der Waals surface area contributed by atoms with Crippen LogP contribution in [0.25, 0.3) is 0 Å². The van der Waals surface area contributed by atoms with Crippen molar-refractivity contribution in [2.75, 3.05) is 5.32 Å². The highest BCUT2D eigenvalue weighted by molar-refractivity contribution is 5.61. The zero-order valence-corrected chi connectivity index (χ0v) is 11.6. The minimum Gasteiger partial charge on any atom is -0.381 e. The van der Waals surface area contributed by atoms with Gasteiger partial charge in [0.1, 0.15) is 6.07 Å². The van der Waals surface area contributed by atoms with E-state index in [1.54, 1.807) is 0 Å². The molecule has 2 nitrogen and oxygen atoms in total. The van der Waals surface area contributed by atoms with Gasteiger partial charge in [-0.2, -0.15) is 5.26 Å². The number of anilines is 1. The van der Waals surface area contributed by atoms with Gasteiger partial charge in [-0.05, 0) is 49.7 Å². The Morgan fingerprint density at radius 3 is 2.56 bits per heavy atom. The molecule has 1 aromatic carbocycles. The number of nitriles is 1. The molecule has 1 saturated carbocycles. The third-order valence-electron chi connectivity index (χ3n) is 4.08. The van der Waals surface area contributed by atoms with Crippen LogP contribution >= 0.6 is 0 Å². The molecule has 96 valence electrons. The number of hydrogen-bond acceptors (Lipinski definition) is 2. The molecule has 0 unspecified atom stereocenters. The van der Waals surface area contributed by atoms with Gasteiger partial charge in [-0.25, -0.2) is 0 Å². The van der Waals surface area contributed by atoms with Crippen LogP contribution in [0.2, 0.25) is 0 Å². The minimum absolute atomic E-state index is 0.489. The van der Waals surface area contributed by atoms with E-state index in [4.69, 9.17) is 0 Å². The Hall–Kier alpha value is -1.49. The average molecular weight is 242 g/mol. The van der Waals surface area contributed by atoms with Crippen LogP contribution < -0.4 is 5.32 Å². The Bertz CT molecular complexity index is 458. The van der Waals surface area contributed by atoms with Crippen LogP contribution in [0.3, 0.4) is 0 Å². The van der Waals surface area contributed by atoms with Crippen molar-refractivity contribution in [2.24, 2.45) is 5.41 Å². The topological polar surface area (TPSA) is 35.8 Å². The van der Waals surface area contributed by atoms with Gasteiger partial charge in [0.05, 0.1) is 11.3 Å². The van der Waals surface area contributed by atoms with Gasteiger partial charge in [0.2, 0.25) is 0 Å². The van der Waals surface area contributed by atoms with E-state index >= 15 is 0 Å². The predicted molar refractivity (Wildman–Crippen MR) is 75.6 cm³/mol. The quantitative estimate of drug-likeness (QED) is 0.841. The Balaban J connectivity index is 2.07. The predicted octanol–water partition coefficient (Wildman–Crippen LogP) is 4.25. The third-order valence-corrected chi connectivity index (χ3v) is 4.08. The summed E-state index contributed by atoms with van der Waals surface area (Å²) in [5.74, 6) is 0. The summed E-state index contributed by atoms with van der Waals surface area (Å²) in [5, 5.41) is 12.8. The molecule has 0 aromatic heterocycles. The first-order chi connectivity index (χ1) is 8.52. The largest absolute Gasteiger partial charge is 0.381 e. The molecule has 0 amide bonds. The molecule has 0 bridgehead atoms. The van der Waals surface area contributed by atoms with Crippen LogP contribution in [0, 0.1) is 23.7 Å². The highest BCUT2D eigenvalue weighted by Crippen LogP contribution is 2.36. The summed E-state index contributed by atoms with van der Waals surface area (Å²) in [5.41, 5.74) is 3.34. The summed E-state index contributed by atoms with van der Waals surface area (Å²) in [4.78, 5) is 0. The Labute approximate surface area is 110 Å². The van der Waals surface area contributed by atoms with E-state index in [-0.39, 0.29) is 0 Å². The van der Waals surface area contributed by atoms with Crippen LogP contribution in [0.15, 0.2) is 18.2 Å². The number of nitrogens with one attached hydrogen (secondary N) is 1. The molecular weight excluding hydrogens is 220 g/mol. The number of benzene rings is 1. The molecule has 0 aliphatic heterocycles. The van der Waals surface area contributed by atoms with Crippen molar-refractivity contribution < 1.29 is 0 Å². The monoisotopic (exact) mass is 242 g/mol. The molecule has 1 N–H and O–H groups in total. The van der Waals surface area contributed by atoms with Crippen molar-refractivity contribution >= 4 is 5.69 Å². The summed E-state index contributed by atoms with van der Waals surface area (Å²) in [6.07, 6.45) is 4.92. The van der Waals surface area contributed by atoms with E-state index < -0.39 is 0 Å². The summed E-state index contributed by atoms with van der Waals surface area (Å²) < 4.78 is 0. The van der Waals surface area contributed by atoms with Gasteiger partial charge in [-0.15, -0.1) is 0 Å². The fraction of sp³-hybridized carbons (Fsp3) is 0.562. The van der Waals surface area contributed by atoms with E-state index in [9.17, 15) is 5.26 Å². The van der Waals surface area contributed by atoms with Gasteiger partial charge >= 0.3 is 0 Å². The van der Waals surface area contributed by atoms with Crippen molar-refractivity contribution in [2.45, 2.75) is 52.5 Å². The van der Waals surface area contributed by atoms with Crippen LogP contribution in [0.4, 0.5) is 5.69 Å². The van der Waals surface area contributed by atoms with E-state index in [1.807, 2.05) is 25.1 Å². The van der Waals surface area contributed by atoms with Crippen LogP contribution in [0.1, 0.15) is 50.7 Å². The first-order valence-corrected chi connectivity index (χ1v) is 6.78. The molecule has 1 aromatic rings. The van der Waals surface area contributed by atoms with Gasteiger partial charge in [-0.3, -0.25) is 0 Å². The van der Waals surface area contributed by atoms with Gasteiger partial charge in [-0.1, -0.05) is 26.0 Å². The zero-order valence-electron chi connectivity index (χ0n) is 11.6. The normalized spacial score (nSPS) is 19.2. The van der Waals surface area contributed by atoms with Crippen molar-refractivity contribution in [1.82, 2.24) is 0 Å². The lowest BCUT2D eigenvalue weighted by molar-refractivity contribution is 0.232. The SMILES string of the molecule is Cc1cccc(NC2CCC(C)(C)CC2)c1C#N. The maximum atomic E-state index is 9.22.